The second kappa shape index (κ2) is 6.21. The molecule has 0 bridgehead atoms. The molecule has 110 valence electrons. The maximum atomic E-state index is 12.1. The van der Waals surface area contributed by atoms with Crippen molar-refractivity contribution in [3.05, 3.63) is 40.2 Å². The lowest BCUT2D eigenvalue weighted by atomic mass is 10.1. The lowest BCUT2D eigenvalue weighted by Gasteiger charge is -2.06. The fourth-order valence-corrected chi connectivity index (χ4v) is 1.90. The van der Waals surface area contributed by atoms with Crippen LogP contribution in [0, 0.1) is 0 Å². The zero-order valence-electron chi connectivity index (χ0n) is 12.0. The lowest BCUT2D eigenvalue weighted by Crippen LogP contribution is -2.15. The summed E-state index contributed by atoms with van der Waals surface area (Å²) in [5, 5.41) is 4.40. The van der Waals surface area contributed by atoms with E-state index in [1.165, 1.54) is 14.0 Å². The topological polar surface area (TPSA) is 78.1 Å². The van der Waals surface area contributed by atoms with Gasteiger partial charge in [0.1, 0.15) is 0 Å². The first-order valence-electron chi connectivity index (χ1n) is 6.42. The molecule has 21 heavy (non-hydrogen) atoms. The summed E-state index contributed by atoms with van der Waals surface area (Å²) in [5.74, 6) is -0.0704. The van der Waals surface area contributed by atoms with E-state index in [0.717, 1.165) is 0 Å². The van der Waals surface area contributed by atoms with Gasteiger partial charge >= 0.3 is 11.6 Å². The zero-order chi connectivity index (χ0) is 15.4. The number of nitrogens with zero attached hydrogens (tertiary/aromatic N) is 1. The van der Waals surface area contributed by atoms with E-state index in [2.05, 4.69) is 9.99 Å². The molecule has 6 nitrogen and oxygen atoms in total. The fourth-order valence-electron chi connectivity index (χ4n) is 1.90. The summed E-state index contributed by atoms with van der Waals surface area (Å²) in [7, 11) is 1.50. The Bertz CT molecular complexity index is 760. The first kappa shape index (κ1) is 14.8. The van der Waals surface area contributed by atoms with Crippen LogP contribution in [0.4, 0.5) is 0 Å². The molecule has 0 unspecified atom stereocenters. The second-order valence-electron chi connectivity index (χ2n) is 4.30. The van der Waals surface area contributed by atoms with Crippen LogP contribution >= 0.6 is 0 Å². The van der Waals surface area contributed by atoms with E-state index in [4.69, 9.17) is 9.15 Å². The van der Waals surface area contributed by atoms with Crippen molar-refractivity contribution in [3.8, 4) is 5.75 Å². The predicted molar refractivity (Wildman–Crippen MR) is 77.6 cm³/mol. The Morgan fingerprint density at radius 2 is 2.14 bits per heavy atom. The van der Waals surface area contributed by atoms with Crippen molar-refractivity contribution in [2.45, 2.75) is 20.3 Å². The van der Waals surface area contributed by atoms with Crippen LogP contribution in [0.3, 0.4) is 0 Å². The van der Waals surface area contributed by atoms with Crippen molar-refractivity contribution in [2.24, 2.45) is 5.16 Å². The van der Waals surface area contributed by atoms with Gasteiger partial charge in [-0.2, -0.15) is 0 Å². The SMILES string of the molecule is CC/C(=N\OC(C)=O)c1cc2cccc(OC)c2oc1=O. The van der Waals surface area contributed by atoms with Gasteiger partial charge < -0.3 is 14.0 Å². The number of carbonyl (C=O) groups is 1. The second-order valence-corrected chi connectivity index (χ2v) is 4.30. The number of methoxy groups -OCH3 is 1. The van der Waals surface area contributed by atoms with Crippen molar-refractivity contribution < 1.29 is 18.8 Å². The minimum Gasteiger partial charge on any atom is -0.493 e. The molecule has 1 heterocycles. The molecule has 1 aromatic carbocycles. The quantitative estimate of drug-likeness (QED) is 0.374. The number of rotatable bonds is 4. The molecule has 0 saturated carbocycles. The summed E-state index contributed by atoms with van der Waals surface area (Å²) in [6.07, 6.45) is 0.424. The first-order valence-corrected chi connectivity index (χ1v) is 6.42. The van der Waals surface area contributed by atoms with Crippen LogP contribution in [0.25, 0.3) is 11.0 Å². The van der Waals surface area contributed by atoms with E-state index in [1.807, 2.05) is 0 Å². The molecule has 1 aromatic heterocycles. The summed E-state index contributed by atoms with van der Waals surface area (Å²) in [6, 6.07) is 6.94. The van der Waals surface area contributed by atoms with E-state index >= 15 is 0 Å². The summed E-state index contributed by atoms with van der Waals surface area (Å²) < 4.78 is 10.5. The van der Waals surface area contributed by atoms with Gasteiger partial charge in [-0.15, -0.1) is 0 Å². The number of hydrogen-bond donors (Lipinski definition) is 0. The van der Waals surface area contributed by atoms with Crippen molar-refractivity contribution in [1.82, 2.24) is 0 Å². The van der Waals surface area contributed by atoms with Gasteiger partial charge in [0.25, 0.3) is 0 Å². The molecule has 0 spiro atoms. The Labute approximate surface area is 121 Å². The molecule has 0 atom stereocenters. The van der Waals surface area contributed by atoms with Crippen LogP contribution in [-0.4, -0.2) is 18.8 Å². The van der Waals surface area contributed by atoms with Crippen LogP contribution in [-0.2, 0) is 9.63 Å². The molecule has 0 aliphatic carbocycles. The van der Waals surface area contributed by atoms with Crippen LogP contribution in [0.15, 0.2) is 38.6 Å². The Hall–Kier alpha value is -2.63. The number of para-hydroxylation sites is 1. The smallest absolute Gasteiger partial charge is 0.345 e. The predicted octanol–water partition coefficient (Wildman–Crippen LogP) is 2.48. The Morgan fingerprint density at radius 1 is 1.38 bits per heavy atom. The Morgan fingerprint density at radius 3 is 2.76 bits per heavy atom. The van der Waals surface area contributed by atoms with Gasteiger partial charge in [-0.25, -0.2) is 9.59 Å². The molecule has 2 aromatic rings. The van der Waals surface area contributed by atoms with Crippen molar-refractivity contribution in [1.29, 1.82) is 0 Å². The van der Waals surface area contributed by atoms with E-state index < -0.39 is 11.6 Å². The normalized spacial score (nSPS) is 11.5. The maximum absolute atomic E-state index is 12.1. The number of fused-ring (bicyclic) bond motifs is 1. The van der Waals surface area contributed by atoms with Crippen LogP contribution < -0.4 is 10.4 Å². The summed E-state index contributed by atoms with van der Waals surface area (Å²) in [4.78, 5) is 27.5. The number of benzene rings is 1. The van der Waals surface area contributed by atoms with Gasteiger partial charge in [0.15, 0.2) is 11.3 Å². The average Bonchev–Trinajstić information content (AvgIpc) is 2.47. The molecular formula is C15H15NO5. The maximum Gasteiger partial charge on any atom is 0.345 e. The van der Waals surface area contributed by atoms with Gasteiger partial charge in [0, 0.05) is 12.3 Å². The highest BCUT2D eigenvalue weighted by Crippen LogP contribution is 2.24. The zero-order valence-corrected chi connectivity index (χ0v) is 12.0. The molecular weight excluding hydrogens is 274 g/mol. The highest BCUT2D eigenvalue weighted by Gasteiger charge is 2.13. The number of carbonyl (C=O) groups excluding carboxylic acids is 1. The van der Waals surface area contributed by atoms with Crippen LogP contribution in [0.1, 0.15) is 25.8 Å². The molecule has 0 amide bonds. The molecule has 0 fully saturated rings. The molecule has 2 rings (SSSR count). The molecule has 6 heteroatoms. The van der Waals surface area contributed by atoms with E-state index in [-0.39, 0.29) is 5.56 Å². The third-order valence-electron chi connectivity index (χ3n) is 2.87. The van der Waals surface area contributed by atoms with Gasteiger partial charge in [-0.05, 0) is 18.6 Å². The van der Waals surface area contributed by atoms with Gasteiger partial charge in [-0.3, -0.25) is 0 Å². The monoisotopic (exact) mass is 289 g/mol. The first-order chi connectivity index (χ1) is 10.1. The molecule has 0 saturated heterocycles. The van der Waals surface area contributed by atoms with Gasteiger partial charge in [0.2, 0.25) is 0 Å². The van der Waals surface area contributed by atoms with E-state index in [1.54, 1.807) is 31.2 Å². The Kier molecular flexibility index (Phi) is 4.37. The van der Waals surface area contributed by atoms with Crippen molar-refractivity contribution >= 4 is 22.7 Å². The third kappa shape index (κ3) is 3.10. The van der Waals surface area contributed by atoms with Crippen molar-refractivity contribution in [2.75, 3.05) is 7.11 Å². The van der Waals surface area contributed by atoms with Gasteiger partial charge in [-0.1, -0.05) is 24.2 Å². The van der Waals surface area contributed by atoms with E-state index in [9.17, 15) is 9.59 Å². The summed E-state index contributed by atoms with van der Waals surface area (Å²) in [6.45, 7) is 3.04. The molecule has 0 aliphatic rings. The highest BCUT2D eigenvalue weighted by molar-refractivity contribution is 6.02. The number of oxime groups is 1. The lowest BCUT2D eigenvalue weighted by molar-refractivity contribution is -0.140. The minimum atomic E-state index is -0.556. The van der Waals surface area contributed by atoms with Crippen LogP contribution in [0.5, 0.6) is 5.75 Å². The van der Waals surface area contributed by atoms with Crippen molar-refractivity contribution in [3.63, 3.8) is 0 Å². The Balaban J connectivity index is 2.60. The fraction of sp³-hybridized carbons (Fsp3) is 0.267. The molecule has 0 aliphatic heterocycles. The molecule has 0 N–H and O–H groups in total. The van der Waals surface area contributed by atoms with Gasteiger partial charge in [0.05, 0.1) is 18.4 Å². The van der Waals surface area contributed by atoms with E-state index in [0.29, 0.717) is 28.9 Å². The highest BCUT2D eigenvalue weighted by atomic mass is 16.7. The summed E-state index contributed by atoms with van der Waals surface area (Å²) in [5.41, 5.74) is 0.430. The molecule has 0 radical (unpaired) electrons. The third-order valence-corrected chi connectivity index (χ3v) is 2.87. The minimum absolute atomic E-state index is 0.263. The summed E-state index contributed by atoms with van der Waals surface area (Å²) >= 11 is 0. The average molecular weight is 289 g/mol. The van der Waals surface area contributed by atoms with Crippen LogP contribution in [0.2, 0.25) is 0 Å². The standard InChI is InChI=1S/C15H15NO5/c1-4-12(16-21-9(2)17)11-8-10-6-5-7-13(19-3)14(10)20-15(11)18/h5-8H,4H2,1-3H3/b16-12+. The number of ether oxygens (including phenoxy) is 1. The number of hydrogen-bond acceptors (Lipinski definition) is 6. The largest absolute Gasteiger partial charge is 0.493 e.